The average Bonchev–Trinajstić information content (AvgIpc) is 2.83. The summed E-state index contributed by atoms with van der Waals surface area (Å²) in [5.41, 5.74) is 8.03. The first-order valence-corrected chi connectivity index (χ1v) is 11.2. The average molecular weight is 436 g/mol. The van der Waals surface area contributed by atoms with Crippen molar-refractivity contribution in [3.05, 3.63) is 71.3 Å². The van der Waals surface area contributed by atoms with E-state index in [9.17, 15) is 9.59 Å². The Morgan fingerprint density at radius 3 is 2.44 bits per heavy atom. The number of nitrogens with one attached hydrogen (secondary N) is 2. The fourth-order valence-corrected chi connectivity index (χ4v) is 4.33. The molecule has 1 saturated heterocycles. The summed E-state index contributed by atoms with van der Waals surface area (Å²) in [5.74, 6) is 1.19. The summed E-state index contributed by atoms with van der Waals surface area (Å²) < 4.78 is 0. The molecule has 32 heavy (non-hydrogen) atoms. The molecular weight excluding hydrogens is 402 g/mol. The number of aliphatic imine (C=N–C) groups is 1. The Morgan fingerprint density at radius 1 is 1.09 bits per heavy atom. The van der Waals surface area contributed by atoms with Crippen molar-refractivity contribution in [1.29, 1.82) is 0 Å². The lowest BCUT2D eigenvalue weighted by Gasteiger charge is -2.40. The SMILES string of the molecule is CCC1CN(C(=NC)NCc2ccc(C(=O)NCC(N)=O)cc2)CCC1c1ccccc1. The van der Waals surface area contributed by atoms with Crippen molar-refractivity contribution in [2.24, 2.45) is 16.6 Å². The molecule has 4 N–H and O–H groups in total. The van der Waals surface area contributed by atoms with Crippen molar-refractivity contribution < 1.29 is 9.59 Å². The van der Waals surface area contributed by atoms with Crippen LogP contribution in [-0.2, 0) is 11.3 Å². The fraction of sp³-hybridized carbons (Fsp3) is 0.400. The summed E-state index contributed by atoms with van der Waals surface area (Å²) >= 11 is 0. The van der Waals surface area contributed by atoms with Gasteiger partial charge in [0.25, 0.3) is 5.91 Å². The maximum absolute atomic E-state index is 12.0. The van der Waals surface area contributed by atoms with Crippen LogP contribution in [0, 0.1) is 5.92 Å². The number of carbonyl (C=O) groups excluding carboxylic acids is 2. The molecule has 0 aromatic heterocycles. The molecule has 0 radical (unpaired) electrons. The number of carbonyl (C=O) groups is 2. The van der Waals surface area contributed by atoms with Crippen molar-refractivity contribution in [2.45, 2.75) is 32.2 Å². The Kier molecular flexibility index (Phi) is 8.25. The zero-order valence-corrected chi connectivity index (χ0v) is 18.9. The molecule has 2 unspecified atom stereocenters. The molecule has 7 heteroatoms. The largest absolute Gasteiger partial charge is 0.368 e. The van der Waals surface area contributed by atoms with E-state index < -0.39 is 5.91 Å². The lowest BCUT2D eigenvalue weighted by molar-refractivity contribution is -0.117. The molecule has 1 aliphatic heterocycles. The topological polar surface area (TPSA) is 99.8 Å². The third-order valence-corrected chi connectivity index (χ3v) is 6.09. The zero-order valence-electron chi connectivity index (χ0n) is 18.9. The van der Waals surface area contributed by atoms with Gasteiger partial charge in [0, 0.05) is 32.2 Å². The van der Waals surface area contributed by atoms with E-state index in [4.69, 9.17) is 5.73 Å². The van der Waals surface area contributed by atoms with Gasteiger partial charge in [0.2, 0.25) is 5.91 Å². The second kappa shape index (κ2) is 11.3. The highest BCUT2D eigenvalue weighted by Gasteiger charge is 2.30. The second-order valence-corrected chi connectivity index (χ2v) is 8.17. The first-order valence-electron chi connectivity index (χ1n) is 11.2. The van der Waals surface area contributed by atoms with E-state index in [1.54, 1.807) is 12.1 Å². The number of nitrogens with two attached hydrogens (primary N) is 1. The number of hydrogen-bond acceptors (Lipinski definition) is 3. The summed E-state index contributed by atoms with van der Waals surface area (Å²) in [6, 6.07) is 18.1. The first-order chi connectivity index (χ1) is 15.5. The number of primary amides is 1. The smallest absolute Gasteiger partial charge is 0.251 e. The number of hydrogen-bond donors (Lipinski definition) is 3. The van der Waals surface area contributed by atoms with E-state index in [-0.39, 0.29) is 12.5 Å². The Balaban J connectivity index is 1.55. The Labute approximate surface area is 190 Å². The summed E-state index contributed by atoms with van der Waals surface area (Å²) in [7, 11) is 1.82. The number of nitrogens with zero attached hydrogens (tertiary/aromatic N) is 2. The number of guanidine groups is 1. The Bertz CT molecular complexity index is 927. The Morgan fingerprint density at radius 2 is 1.81 bits per heavy atom. The van der Waals surface area contributed by atoms with Crippen molar-refractivity contribution >= 4 is 17.8 Å². The van der Waals surface area contributed by atoms with Gasteiger partial charge in [-0.25, -0.2) is 0 Å². The highest BCUT2D eigenvalue weighted by Crippen LogP contribution is 2.34. The number of likely N-dealkylation sites (tertiary alicyclic amines) is 1. The molecule has 7 nitrogen and oxygen atoms in total. The van der Waals surface area contributed by atoms with Crippen LogP contribution >= 0.6 is 0 Å². The molecule has 0 bridgehead atoms. The van der Waals surface area contributed by atoms with Crippen molar-refractivity contribution in [2.75, 3.05) is 26.7 Å². The van der Waals surface area contributed by atoms with Crippen molar-refractivity contribution in [1.82, 2.24) is 15.5 Å². The van der Waals surface area contributed by atoms with Crippen LogP contribution in [0.25, 0.3) is 0 Å². The van der Waals surface area contributed by atoms with Crippen molar-refractivity contribution in [3.8, 4) is 0 Å². The maximum atomic E-state index is 12.0. The van der Waals surface area contributed by atoms with Gasteiger partial charge in [-0.15, -0.1) is 0 Å². The molecule has 2 aromatic carbocycles. The molecule has 2 amide bonds. The molecular formula is C25H33N5O2. The predicted octanol–water partition coefficient (Wildman–Crippen LogP) is 2.49. The standard InChI is InChI=1S/C25H33N5O2/c1-3-19-17-30(14-13-22(19)20-7-5-4-6-8-20)25(27-2)29-15-18-9-11-21(12-10-18)24(32)28-16-23(26)31/h4-12,19,22H,3,13-17H2,1-2H3,(H2,26,31)(H,27,29)(H,28,32). The van der Waals surface area contributed by atoms with Gasteiger partial charge in [-0.3, -0.25) is 14.6 Å². The molecule has 0 saturated carbocycles. The third-order valence-electron chi connectivity index (χ3n) is 6.09. The van der Waals surface area contributed by atoms with Crippen LogP contribution in [0.15, 0.2) is 59.6 Å². The molecule has 1 fully saturated rings. The highest BCUT2D eigenvalue weighted by molar-refractivity contribution is 5.96. The normalized spacial score (nSPS) is 18.8. The minimum atomic E-state index is -0.566. The van der Waals surface area contributed by atoms with E-state index in [1.807, 2.05) is 19.2 Å². The van der Waals surface area contributed by atoms with Crippen molar-refractivity contribution in [3.63, 3.8) is 0 Å². The molecule has 0 spiro atoms. The van der Waals surface area contributed by atoms with E-state index >= 15 is 0 Å². The first kappa shape index (κ1) is 23.3. The fourth-order valence-electron chi connectivity index (χ4n) is 4.33. The van der Waals surface area contributed by atoms with Gasteiger partial charge in [0.1, 0.15) is 0 Å². The van der Waals surface area contributed by atoms with Gasteiger partial charge in [0.05, 0.1) is 6.54 Å². The molecule has 170 valence electrons. The third kappa shape index (κ3) is 6.09. The molecule has 3 rings (SSSR count). The van der Waals surface area contributed by atoms with Gasteiger partial charge >= 0.3 is 0 Å². The molecule has 2 aromatic rings. The van der Waals surface area contributed by atoms with Gasteiger partial charge in [-0.1, -0.05) is 55.8 Å². The summed E-state index contributed by atoms with van der Waals surface area (Å²) in [6.45, 7) is 4.66. The van der Waals surface area contributed by atoms with Crippen LogP contribution in [0.2, 0.25) is 0 Å². The zero-order chi connectivity index (χ0) is 22.9. The van der Waals surface area contributed by atoms with Crippen LogP contribution in [0.5, 0.6) is 0 Å². The minimum Gasteiger partial charge on any atom is -0.368 e. The van der Waals surface area contributed by atoms with Crippen LogP contribution < -0.4 is 16.4 Å². The molecule has 0 aliphatic carbocycles. The monoisotopic (exact) mass is 435 g/mol. The number of benzene rings is 2. The molecule has 1 aliphatic rings. The highest BCUT2D eigenvalue weighted by atomic mass is 16.2. The Hall–Kier alpha value is -3.35. The summed E-state index contributed by atoms with van der Waals surface area (Å²) in [4.78, 5) is 29.7. The van der Waals surface area contributed by atoms with E-state index in [2.05, 4.69) is 57.8 Å². The summed E-state index contributed by atoms with van der Waals surface area (Å²) in [5, 5.41) is 5.95. The van der Waals surface area contributed by atoms with Gasteiger partial charge in [-0.05, 0) is 41.5 Å². The van der Waals surface area contributed by atoms with Crippen LogP contribution in [0.3, 0.4) is 0 Å². The van der Waals surface area contributed by atoms with E-state index in [1.165, 1.54) is 5.56 Å². The van der Waals surface area contributed by atoms with E-state index in [0.29, 0.717) is 23.9 Å². The van der Waals surface area contributed by atoms with Gasteiger partial charge in [-0.2, -0.15) is 0 Å². The van der Waals surface area contributed by atoms with Crippen LogP contribution in [-0.4, -0.2) is 49.4 Å². The lowest BCUT2D eigenvalue weighted by Crippen LogP contribution is -2.48. The molecule has 2 atom stereocenters. The lowest BCUT2D eigenvalue weighted by atomic mass is 9.79. The predicted molar refractivity (Wildman–Crippen MR) is 127 cm³/mol. The van der Waals surface area contributed by atoms with Crippen LogP contribution in [0.1, 0.15) is 47.2 Å². The van der Waals surface area contributed by atoms with Crippen LogP contribution in [0.4, 0.5) is 0 Å². The number of amides is 2. The minimum absolute atomic E-state index is 0.168. The van der Waals surface area contributed by atoms with Gasteiger partial charge in [0.15, 0.2) is 5.96 Å². The maximum Gasteiger partial charge on any atom is 0.251 e. The number of piperidine rings is 1. The number of rotatable bonds is 7. The van der Waals surface area contributed by atoms with E-state index in [0.717, 1.165) is 37.5 Å². The summed E-state index contributed by atoms with van der Waals surface area (Å²) in [6.07, 6.45) is 2.24. The van der Waals surface area contributed by atoms with Gasteiger partial charge < -0.3 is 21.3 Å². The quantitative estimate of drug-likeness (QED) is 0.460. The second-order valence-electron chi connectivity index (χ2n) is 8.17. The molecule has 1 heterocycles.